The number of piperidine rings is 2. The van der Waals surface area contributed by atoms with Crippen molar-refractivity contribution in [1.82, 2.24) is 49.8 Å². The van der Waals surface area contributed by atoms with Crippen LogP contribution in [-0.2, 0) is 25.6 Å². The van der Waals surface area contributed by atoms with Crippen LogP contribution in [0.5, 0.6) is 0 Å². The molecule has 4 N–H and O–H groups in total. The van der Waals surface area contributed by atoms with E-state index in [2.05, 4.69) is 74.8 Å². The lowest BCUT2D eigenvalue weighted by atomic mass is 9.59. The molecule has 7 heterocycles. The van der Waals surface area contributed by atoms with Gasteiger partial charge < -0.3 is 30.3 Å². The predicted octanol–water partition coefficient (Wildman–Crippen LogP) is 3.72. The molecule has 0 unspecified atom stereocenters. The Kier molecular flexibility index (Phi) is 11.9. The molecular weight excluding hydrogens is 915 g/mol. The largest absolute Gasteiger partial charge is 0.375 e. The van der Waals surface area contributed by atoms with Gasteiger partial charge in [0.2, 0.25) is 23.6 Å². The zero-order valence-electron chi connectivity index (χ0n) is 40.2. The fourth-order valence-corrected chi connectivity index (χ4v) is 12.2. The van der Waals surface area contributed by atoms with Crippen molar-refractivity contribution in [1.29, 1.82) is 0 Å². The van der Waals surface area contributed by atoms with Gasteiger partial charge in [0, 0.05) is 86.9 Å². The Morgan fingerprint density at radius 1 is 0.764 bits per heavy atom. The molecule has 0 radical (unpaired) electrons. The van der Waals surface area contributed by atoms with E-state index in [1.807, 2.05) is 41.6 Å². The molecule has 6 fully saturated rings. The number of hydrogen-bond donors (Lipinski definition) is 4. The maximum Gasteiger partial charge on any atom is 0.264 e. The van der Waals surface area contributed by atoms with Crippen molar-refractivity contribution in [3.63, 3.8) is 0 Å². The topological polar surface area (TPSA) is 210 Å². The first-order valence-corrected chi connectivity index (χ1v) is 25.5. The van der Waals surface area contributed by atoms with E-state index in [4.69, 9.17) is 4.98 Å². The van der Waals surface area contributed by atoms with Crippen molar-refractivity contribution in [2.75, 3.05) is 74.4 Å². The maximum atomic E-state index is 13.5. The number of imide groups is 2. The number of piperazine rings is 1. The lowest BCUT2D eigenvalue weighted by Crippen LogP contribution is -2.65. The van der Waals surface area contributed by atoms with Gasteiger partial charge in [-0.1, -0.05) is 36.4 Å². The van der Waals surface area contributed by atoms with E-state index in [0.717, 1.165) is 79.4 Å². The number of amides is 6. The van der Waals surface area contributed by atoms with Crippen LogP contribution in [0.2, 0.25) is 0 Å². The third-order valence-corrected chi connectivity index (χ3v) is 16.6. The molecule has 4 saturated heterocycles. The van der Waals surface area contributed by atoms with Gasteiger partial charge >= 0.3 is 0 Å². The zero-order valence-corrected chi connectivity index (χ0v) is 40.2. The van der Waals surface area contributed by atoms with Gasteiger partial charge in [-0.05, 0) is 105 Å². The van der Waals surface area contributed by atoms with E-state index in [0.29, 0.717) is 48.5 Å². The molecule has 72 heavy (non-hydrogen) atoms. The van der Waals surface area contributed by atoms with Gasteiger partial charge in [-0.25, -0.2) is 15.0 Å². The summed E-state index contributed by atoms with van der Waals surface area (Å²) in [6.07, 6.45) is 10.5. The van der Waals surface area contributed by atoms with Crippen LogP contribution >= 0.6 is 0 Å². The number of likely N-dealkylation sites (tertiary alicyclic amines) is 2. The molecule has 19 heteroatoms. The van der Waals surface area contributed by atoms with Crippen molar-refractivity contribution in [2.24, 2.45) is 5.41 Å². The van der Waals surface area contributed by atoms with Crippen LogP contribution in [0, 0.1) is 5.41 Å². The number of nitrogens with zero attached hydrogens (tertiary/aromatic N) is 9. The Balaban J connectivity index is 0.556. The van der Waals surface area contributed by atoms with Gasteiger partial charge in [-0.15, -0.1) is 0 Å². The van der Waals surface area contributed by atoms with E-state index in [9.17, 15) is 28.8 Å². The molecule has 19 nitrogen and oxygen atoms in total. The van der Waals surface area contributed by atoms with Gasteiger partial charge in [0.25, 0.3) is 11.8 Å². The average Bonchev–Trinajstić information content (AvgIpc) is 3.89. The van der Waals surface area contributed by atoms with Gasteiger partial charge in [-0.2, -0.15) is 0 Å². The molecule has 3 aromatic carbocycles. The summed E-state index contributed by atoms with van der Waals surface area (Å²) >= 11 is 0. The second kappa shape index (κ2) is 18.7. The number of rotatable bonds is 13. The molecule has 2 aromatic heterocycles. The second-order valence-electron chi connectivity index (χ2n) is 20.9. The smallest absolute Gasteiger partial charge is 0.264 e. The van der Waals surface area contributed by atoms with Crippen LogP contribution in [-0.4, -0.2) is 158 Å². The number of carbonyl (C=O) groups is 6. The lowest BCUT2D eigenvalue weighted by Gasteiger charge is -2.58. The van der Waals surface area contributed by atoms with Crippen LogP contribution < -0.4 is 26.2 Å². The number of imidazole rings is 1. The van der Waals surface area contributed by atoms with Gasteiger partial charge in [0.1, 0.15) is 12.4 Å². The highest BCUT2D eigenvalue weighted by atomic mass is 16.2. The van der Waals surface area contributed by atoms with Crippen molar-refractivity contribution in [3.05, 3.63) is 102 Å². The van der Waals surface area contributed by atoms with E-state index in [1.54, 1.807) is 24.5 Å². The Labute approximate surface area is 416 Å². The molecule has 5 aliphatic heterocycles. The van der Waals surface area contributed by atoms with Crippen LogP contribution in [0.1, 0.15) is 83.7 Å². The molecule has 1 atom stereocenters. The first kappa shape index (κ1) is 45.9. The Hall–Kier alpha value is -7.25. The van der Waals surface area contributed by atoms with Gasteiger partial charge in [0.15, 0.2) is 17.0 Å². The quantitative estimate of drug-likeness (QED) is 0.124. The maximum absolute atomic E-state index is 13.5. The van der Waals surface area contributed by atoms with E-state index in [1.165, 1.54) is 31.4 Å². The SMILES string of the molecule is O=C1CC[C@H](N2C(=O)c3cccc(NCC(=O)N4CC(N5CCC6(CC5)CC(N5CCN(c7ccc(Nc8ncnc9c8ncn9C8CC(NC(=O)Cc9ccccc9)C8)cc7)CC5)C6)C4)c3C2=O)C(=O)N1. The number of carbonyl (C=O) groups excluding carboxylic acids is 6. The number of fused-ring (bicyclic) bond motifs is 2. The molecule has 5 aromatic rings. The van der Waals surface area contributed by atoms with E-state index >= 15 is 0 Å². The Morgan fingerprint density at radius 2 is 1.51 bits per heavy atom. The summed E-state index contributed by atoms with van der Waals surface area (Å²) in [7, 11) is 0. The molecular formula is C53H59N13O6. The highest BCUT2D eigenvalue weighted by molar-refractivity contribution is 6.25. The van der Waals surface area contributed by atoms with Gasteiger partial charge in [-0.3, -0.25) is 48.8 Å². The molecule has 6 amide bonds. The number of anilines is 4. The highest BCUT2D eigenvalue weighted by Gasteiger charge is 2.50. The summed E-state index contributed by atoms with van der Waals surface area (Å²) in [4.78, 5) is 101. The van der Waals surface area contributed by atoms with Gasteiger partial charge in [0.05, 0.1) is 30.4 Å². The molecule has 12 rings (SSSR count). The first-order chi connectivity index (χ1) is 35.0. The summed E-state index contributed by atoms with van der Waals surface area (Å²) in [6, 6.07) is 23.5. The third-order valence-electron chi connectivity index (χ3n) is 16.6. The number of hydrogen-bond acceptors (Lipinski definition) is 14. The lowest BCUT2D eigenvalue weighted by molar-refractivity contribution is -0.138. The number of aromatic nitrogens is 4. The van der Waals surface area contributed by atoms with Crippen molar-refractivity contribution < 1.29 is 28.8 Å². The van der Waals surface area contributed by atoms with Crippen LogP contribution in [0.15, 0.2) is 85.5 Å². The second-order valence-corrected chi connectivity index (χ2v) is 20.9. The number of benzene rings is 3. The fourth-order valence-electron chi connectivity index (χ4n) is 12.2. The fraction of sp³-hybridized carbons (Fsp3) is 0.453. The minimum Gasteiger partial charge on any atom is -0.375 e. The van der Waals surface area contributed by atoms with Crippen LogP contribution in [0.3, 0.4) is 0 Å². The first-order valence-electron chi connectivity index (χ1n) is 25.5. The van der Waals surface area contributed by atoms with Crippen LogP contribution in [0.25, 0.3) is 11.2 Å². The molecule has 2 aliphatic carbocycles. The third kappa shape index (κ3) is 8.71. The van der Waals surface area contributed by atoms with Crippen molar-refractivity contribution in [2.45, 2.75) is 88.0 Å². The molecule has 1 spiro atoms. The van der Waals surface area contributed by atoms with E-state index in [-0.39, 0.29) is 54.4 Å². The summed E-state index contributed by atoms with van der Waals surface area (Å²) in [5.74, 6) is -1.61. The average molecular weight is 974 g/mol. The zero-order chi connectivity index (χ0) is 49.1. The predicted molar refractivity (Wildman–Crippen MR) is 267 cm³/mol. The van der Waals surface area contributed by atoms with Crippen molar-refractivity contribution in [3.8, 4) is 0 Å². The Bertz CT molecular complexity index is 2930. The summed E-state index contributed by atoms with van der Waals surface area (Å²) < 4.78 is 2.11. The minimum absolute atomic E-state index is 0.0163. The molecule has 372 valence electrons. The van der Waals surface area contributed by atoms with E-state index < -0.39 is 29.7 Å². The van der Waals surface area contributed by atoms with Crippen LogP contribution in [0.4, 0.5) is 22.9 Å². The highest BCUT2D eigenvalue weighted by Crippen LogP contribution is 2.51. The molecule has 7 aliphatic rings. The normalized spacial score (nSPS) is 23.6. The summed E-state index contributed by atoms with van der Waals surface area (Å²) in [5.41, 5.74) is 5.80. The Morgan fingerprint density at radius 3 is 2.26 bits per heavy atom. The summed E-state index contributed by atoms with van der Waals surface area (Å²) in [5, 5.41) is 12.0. The minimum atomic E-state index is -1.05. The number of nitrogens with one attached hydrogen (secondary N) is 4. The monoisotopic (exact) mass is 973 g/mol. The van der Waals surface area contributed by atoms with Crippen molar-refractivity contribution >= 4 is 69.5 Å². The molecule has 2 saturated carbocycles. The summed E-state index contributed by atoms with van der Waals surface area (Å²) in [6.45, 7) is 7.53. The standard InChI is InChI=1S/C53H59N13O6/c67-43-14-13-42(50(70)60-43)66-51(71)40-7-4-8-41(46(40)52(66)72)54-28-45(69)64-29-39(30-64)61-17-15-53(16-18-61)26-38(27-53)63-21-19-62(20-22-63)36-11-9-34(10-12-36)59-48-47-49(56-31-55-48)65(32-57-47)37-24-35(25-37)58-44(68)23-33-5-2-1-3-6-33/h1-12,31-32,35,37-39,42,54H,13-30H2,(H,58,68)(H,55,56,59)(H,60,67,70)/t35?,37?,42-/m0/s1. The molecule has 0 bridgehead atoms.